The Hall–Kier alpha value is -3.25. The SMILES string of the molecule is COc1ccccc1NS(=O)(=O)c1ccc2oc(SC(C)C(=O)NC(N)=O)nc2c1. The Kier molecular flexibility index (Phi) is 6.17. The zero-order valence-corrected chi connectivity index (χ0v) is 17.5. The molecule has 0 spiro atoms. The minimum absolute atomic E-state index is 0.0229. The molecule has 0 fully saturated rings. The lowest BCUT2D eigenvalue weighted by atomic mass is 10.3. The van der Waals surface area contributed by atoms with Gasteiger partial charge in [-0.25, -0.2) is 18.2 Å². The maximum absolute atomic E-state index is 12.8. The van der Waals surface area contributed by atoms with Gasteiger partial charge in [0.05, 0.1) is 22.9 Å². The number of nitrogens with one attached hydrogen (secondary N) is 2. The molecule has 0 radical (unpaired) electrons. The molecule has 0 aliphatic rings. The number of fused-ring (bicyclic) bond motifs is 1. The number of anilines is 1. The number of ether oxygens (including phenoxy) is 1. The van der Waals surface area contributed by atoms with Crippen molar-refractivity contribution in [1.29, 1.82) is 0 Å². The van der Waals surface area contributed by atoms with Crippen LogP contribution in [0.4, 0.5) is 10.5 Å². The fourth-order valence-electron chi connectivity index (χ4n) is 2.46. The highest BCUT2D eigenvalue weighted by molar-refractivity contribution is 8.00. The molecule has 4 N–H and O–H groups in total. The molecule has 3 rings (SSSR count). The number of methoxy groups -OCH3 is 1. The number of oxazole rings is 1. The van der Waals surface area contributed by atoms with Gasteiger partial charge in [-0.15, -0.1) is 0 Å². The average molecular weight is 450 g/mol. The maximum atomic E-state index is 12.8. The fraction of sp³-hybridized carbons (Fsp3) is 0.167. The van der Waals surface area contributed by atoms with E-state index in [-0.39, 0.29) is 10.1 Å². The standard InChI is InChI=1S/C18H18N4O6S2/c1-10(16(23)21-17(19)24)29-18-20-13-9-11(7-8-15(13)28-18)30(25,26)22-12-5-3-4-6-14(12)27-2/h3-10,22H,1-2H3,(H3,19,21,23,24). The molecule has 0 saturated heterocycles. The summed E-state index contributed by atoms with van der Waals surface area (Å²) in [7, 11) is -2.47. The number of hydrogen-bond donors (Lipinski definition) is 3. The predicted octanol–water partition coefficient (Wildman–Crippen LogP) is 2.31. The van der Waals surface area contributed by atoms with Gasteiger partial charge in [-0.2, -0.15) is 0 Å². The molecule has 0 aliphatic heterocycles. The van der Waals surface area contributed by atoms with Crippen LogP contribution in [0.2, 0.25) is 0 Å². The Bertz CT molecular complexity index is 1210. The Morgan fingerprint density at radius 2 is 1.97 bits per heavy atom. The molecule has 30 heavy (non-hydrogen) atoms. The Balaban J connectivity index is 1.83. The number of para-hydroxylation sites is 2. The van der Waals surface area contributed by atoms with Gasteiger partial charge in [0.2, 0.25) is 5.91 Å². The van der Waals surface area contributed by atoms with E-state index in [1.807, 2.05) is 5.32 Å². The average Bonchev–Trinajstić information content (AvgIpc) is 3.09. The molecule has 0 saturated carbocycles. The summed E-state index contributed by atoms with van der Waals surface area (Å²) < 4.78 is 38.7. The first kappa shape index (κ1) is 21.5. The monoisotopic (exact) mass is 450 g/mol. The summed E-state index contributed by atoms with van der Waals surface area (Å²) in [6, 6.07) is 9.87. The van der Waals surface area contributed by atoms with Crippen molar-refractivity contribution in [2.75, 3.05) is 11.8 Å². The first-order valence-corrected chi connectivity index (χ1v) is 10.9. The number of thioether (sulfide) groups is 1. The number of urea groups is 1. The number of aromatic nitrogens is 1. The number of nitrogens with two attached hydrogens (primary N) is 1. The number of benzene rings is 2. The van der Waals surface area contributed by atoms with Crippen molar-refractivity contribution in [3.8, 4) is 5.75 Å². The second kappa shape index (κ2) is 8.63. The van der Waals surface area contributed by atoms with Crippen LogP contribution in [0.3, 0.4) is 0 Å². The van der Waals surface area contributed by atoms with Crippen molar-refractivity contribution in [2.24, 2.45) is 5.73 Å². The van der Waals surface area contributed by atoms with Crippen molar-refractivity contribution in [3.05, 3.63) is 42.5 Å². The minimum Gasteiger partial charge on any atom is -0.495 e. The van der Waals surface area contributed by atoms with Gasteiger partial charge in [0.15, 0.2) is 5.58 Å². The summed E-state index contributed by atoms with van der Waals surface area (Å²) in [5.41, 5.74) is 5.86. The number of rotatable bonds is 7. The normalized spacial score (nSPS) is 12.3. The first-order valence-electron chi connectivity index (χ1n) is 8.53. The number of carbonyl (C=O) groups is 2. The predicted molar refractivity (Wildman–Crippen MR) is 111 cm³/mol. The van der Waals surface area contributed by atoms with E-state index >= 15 is 0 Å². The zero-order valence-electron chi connectivity index (χ0n) is 15.9. The van der Waals surface area contributed by atoms with Gasteiger partial charge in [-0.05, 0) is 37.3 Å². The molecule has 0 aliphatic carbocycles. The molecule has 1 unspecified atom stereocenters. The van der Waals surface area contributed by atoms with Gasteiger partial charge in [0.1, 0.15) is 11.3 Å². The minimum atomic E-state index is -3.91. The van der Waals surface area contributed by atoms with Crippen molar-refractivity contribution in [2.45, 2.75) is 22.3 Å². The van der Waals surface area contributed by atoms with E-state index in [4.69, 9.17) is 14.9 Å². The third-order valence-corrected chi connectivity index (χ3v) is 6.20. The van der Waals surface area contributed by atoms with Crippen LogP contribution in [0.1, 0.15) is 6.92 Å². The molecule has 0 bridgehead atoms. The summed E-state index contributed by atoms with van der Waals surface area (Å²) in [6.07, 6.45) is 0. The van der Waals surface area contributed by atoms with Gasteiger partial charge in [-0.3, -0.25) is 14.8 Å². The highest BCUT2D eigenvalue weighted by Crippen LogP contribution is 2.30. The number of imide groups is 1. The number of nitrogens with zero attached hydrogens (tertiary/aromatic N) is 1. The van der Waals surface area contributed by atoms with Gasteiger partial charge < -0.3 is 14.9 Å². The van der Waals surface area contributed by atoms with E-state index in [0.717, 1.165) is 11.8 Å². The van der Waals surface area contributed by atoms with E-state index in [2.05, 4.69) is 9.71 Å². The van der Waals surface area contributed by atoms with Crippen molar-refractivity contribution in [1.82, 2.24) is 10.3 Å². The van der Waals surface area contributed by atoms with Crippen LogP contribution >= 0.6 is 11.8 Å². The zero-order chi connectivity index (χ0) is 21.9. The molecule has 12 heteroatoms. The second-order valence-electron chi connectivity index (χ2n) is 6.03. The van der Waals surface area contributed by atoms with Crippen LogP contribution < -0.4 is 20.5 Å². The smallest absolute Gasteiger partial charge is 0.318 e. The molecule has 2 aromatic carbocycles. The second-order valence-corrected chi connectivity index (χ2v) is 9.00. The van der Waals surface area contributed by atoms with Gasteiger partial charge >= 0.3 is 6.03 Å². The summed E-state index contributed by atoms with van der Waals surface area (Å²) >= 11 is 0.961. The van der Waals surface area contributed by atoms with E-state index in [9.17, 15) is 18.0 Å². The van der Waals surface area contributed by atoms with Crippen molar-refractivity contribution >= 4 is 50.5 Å². The lowest BCUT2D eigenvalue weighted by Gasteiger charge is -2.11. The van der Waals surface area contributed by atoms with Crippen LogP contribution in [0.15, 0.2) is 57.0 Å². The molecule has 158 valence electrons. The van der Waals surface area contributed by atoms with Crippen LogP contribution in [-0.4, -0.2) is 37.7 Å². The van der Waals surface area contributed by atoms with Crippen LogP contribution in [0.5, 0.6) is 5.75 Å². The molecule has 3 amide bonds. The van der Waals surface area contributed by atoms with E-state index in [1.165, 1.54) is 25.3 Å². The van der Waals surface area contributed by atoms with Crippen LogP contribution in [-0.2, 0) is 14.8 Å². The number of sulfonamides is 1. The van der Waals surface area contributed by atoms with Gasteiger partial charge in [0, 0.05) is 0 Å². The molecular weight excluding hydrogens is 432 g/mol. The van der Waals surface area contributed by atoms with Crippen molar-refractivity contribution < 1.29 is 27.2 Å². The highest BCUT2D eigenvalue weighted by Gasteiger charge is 2.21. The topological polar surface area (TPSA) is 154 Å². The van der Waals surface area contributed by atoms with E-state index < -0.39 is 27.2 Å². The van der Waals surface area contributed by atoms with Crippen molar-refractivity contribution in [3.63, 3.8) is 0 Å². The Morgan fingerprint density at radius 1 is 1.23 bits per heavy atom. The molecule has 1 heterocycles. The number of primary amides is 1. The molecule has 1 aromatic heterocycles. The summed E-state index contributed by atoms with van der Waals surface area (Å²) in [5.74, 6) is -0.218. The lowest BCUT2D eigenvalue weighted by molar-refractivity contribution is -0.119. The molecule has 1 atom stereocenters. The molecule has 10 nitrogen and oxygen atoms in total. The van der Waals surface area contributed by atoms with Crippen LogP contribution in [0, 0.1) is 0 Å². The summed E-state index contributed by atoms with van der Waals surface area (Å²) in [5, 5.41) is 1.41. The maximum Gasteiger partial charge on any atom is 0.318 e. The number of hydrogen-bond acceptors (Lipinski definition) is 8. The van der Waals surface area contributed by atoms with Gasteiger partial charge in [-0.1, -0.05) is 23.9 Å². The third-order valence-electron chi connectivity index (χ3n) is 3.89. The summed E-state index contributed by atoms with van der Waals surface area (Å²) in [6.45, 7) is 1.55. The van der Waals surface area contributed by atoms with Gasteiger partial charge in [0.25, 0.3) is 15.2 Å². The third kappa shape index (κ3) is 4.83. The quantitative estimate of drug-likeness (QED) is 0.463. The van der Waals surface area contributed by atoms with E-state index in [1.54, 1.807) is 31.2 Å². The van der Waals surface area contributed by atoms with E-state index in [0.29, 0.717) is 22.5 Å². The van der Waals surface area contributed by atoms with Crippen LogP contribution in [0.25, 0.3) is 11.1 Å². The number of amides is 3. The summed E-state index contributed by atoms with van der Waals surface area (Å²) in [4.78, 5) is 26.8. The largest absolute Gasteiger partial charge is 0.495 e. The lowest BCUT2D eigenvalue weighted by Crippen LogP contribution is -2.39. The molecule has 3 aromatic rings. The molecular formula is C18H18N4O6S2. The first-order chi connectivity index (χ1) is 14.2. The Morgan fingerprint density at radius 3 is 2.67 bits per heavy atom. The number of carbonyl (C=O) groups excluding carboxylic acids is 2. The Labute approximate surface area is 176 Å². The highest BCUT2D eigenvalue weighted by atomic mass is 32.2. The fourth-order valence-corrected chi connectivity index (χ4v) is 4.31.